The summed E-state index contributed by atoms with van der Waals surface area (Å²) in [5.41, 5.74) is 3.95. The van der Waals surface area contributed by atoms with Crippen molar-refractivity contribution in [3.8, 4) is 0 Å². The molecule has 2 saturated heterocycles. The van der Waals surface area contributed by atoms with Crippen LogP contribution < -0.4 is 4.90 Å². The van der Waals surface area contributed by atoms with Crippen LogP contribution in [0.1, 0.15) is 24.5 Å². The van der Waals surface area contributed by atoms with E-state index in [4.69, 9.17) is 0 Å². The van der Waals surface area contributed by atoms with Crippen LogP contribution in [0.25, 0.3) is 0 Å². The summed E-state index contributed by atoms with van der Waals surface area (Å²) in [5.74, 6) is 0.400. The Kier molecular flexibility index (Phi) is 6.37. The molecule has 0 aliphatic carbocycles. The molecule has 27 heavy (non-hydrogen) atoms. The zero-order chi connectivity index (χ0) is 19.4. The molecule has 2 fully saturated rings. The van der Waals surface area contributed by atoms with Crippen LogP contribution in [0.5, 0.6) is 0 Å². The maximum atomic E-state index is 12.6. The zero-order valence-corrected chi connectivity index (χ0v) is 16.9. The monoisotopic (exact) mass is 372 g/mol. The first kappa shape index (κ1) is 19.7. The molecule has 2 amide bonds. The maximum absolute atomic E-state index is 12.6. The van der Waals surface area contributed by atoms with Crippen molar-refractivity contribution < 1.29 is 9.59 Å². The number of hydrogen-bond acceptors (Lipinski definition) is 4. The topological polar surface area (TPSA) is 47.1 Å². The number of aryl methyl sites for hydroxylation is 1. The first-order chi connectivity index (χ1) is 13.0. The van der Waals surface area contributed by atoms with Crippen molar-refractivity contribution in [1.82, 2.24) is 14.7 Å². The second kappa shape index (κ2) is 8.74. The Labute approximate surface area is 162 Å². The van der Waals surface area contributed by atoms with Gasteiger partial charge in [0.05, 0.1) is 0 Å². The van der Waals surface area contributed by atoms with Crippen molar-refractivity contribution in [2.24, 2.45) is 0 Å². The third-order valence-electron chi connectivity index (χ3n) is 6.01. The van der Waals surface area contributed by atoms with Gasteiger partial charge in [-0.05, 0) is 31.0 Å². The van der Waals surface area contributed by atoms with Crippen molar-refractivity contribution in [3.63, 3.8) is 0 Å². The van der Waals surface area contributed by atoms with Gasteiger partial charge in [0.2, 0.25) is 11.8 Å². The van der Waals surface area contributed by atoms with Crippen LogP contribution >= 0.6 is 0 Å². The largest absolute Gasteiger partial charge is 0.368 e. The highest BCUT2D eigenvalue weighted by molar-refractivity contribution is 5.77. The Morgan fingerprint density at radius 2 is 1.52 bits per heavy atom. The minimum atomic E-state index is 0.146. The highest BCUT2D eigenvalue weighted by Gasteiger charge is 2.24. The van der Waals surface area contributed by atoms with Gasteiger partial charge in [0.1, 0.15) is 0 Å². The summed E-state index contributed by atoms with van der Waals surface area (Å²) in [6.07, 6.45) is 0.573. The van der Waals surface area contributed by atoms with Gasteiger partial charge in [-0.3, -0.25) is 14.5 Å². The van der Waals surface area contributed by atoms with Gasteiger partial charge in [0.25, 0.3) is 0 Å². The van der Waals surface area contributed by atoms with Gasteiger partial charge in [0, 0.05) is 77.9 Å². The smallest absolute Gasteiger partial charge is 0.223 e. The fourth-order valence-electron chi connectivity index (χ4n) is 3.97. The van der Waals surface area contributed by atoms with E-state index in [1.807, 2.05) is 9.80 Å². The van der Waals surface area contributed by atoms with Crippen molar-refractivity contribution >= 4 is 17.5 Å². The van der Waals surface area contributed by atoms with E-state index >= 15 is 0 Å². The fourth-order valence-corrected chi connectivity index (χ4v) is 3.97. The van der Waals surface area contributed by atoms with Gasteiger partial charge in [-0.1, -0.05) is 12.1 Å². The quantitative estimate of drug-likeness (QED) is 0.804. The Bertz CT molecular complexity index is 675. The summed E-state index contributed by atoms with van der Waals surface area (Å²) in [4.78, 5) is 32.6. The predicted molar refractivity (Wildman–Crippen MR) is 108 cm³/mol. The molecule has 0 bridgehead atoms. The van der Waals surface area contributed by atoms with Crippen LogP contribution in [-0.2, 0) is 9.59 Å². The first-order valence-corrected chi connectivity index (χ1v) is 10.0. The number of amides is 2. The van der Waals surface area contributed by atoms with E-state index in [0.717, 1.165) is 58.9 Å². The number of anilines is 1. The Morgan fingerprint density at radius 1 is 0.889 bits per heavy atom. The second-order valence-corrected chi connectivity index (χ2v) is 7.68. The average molecular weight is 373 g/mol. The van der Waals surface area contributed by atoms with E-state index in [1.165, 1.54) is 16.8 Å². The summed E-state index contributed by atoms with van der Waals surface area (Å²) in [5, 5.41) is 0. The minimum Gasteiger partial charge on any atom is -0.368 e. The number of hydrogen-bond donors (Lipinski definition) is 0. The molecule has 0 N–H and O–H groups in total. The zero-order valence-electron chi connectivity index (χ0n) is 16.9. The molecule has 0 saturated carbocycles. The maximum Gasteiger partial charge on any atom is 0.223 e. The lowest BCUT2D eigenvalue weighted by Crippen LogP contribution is -2.51. The molecule has 0 unspecified atom stereocenters. The van der Waals surface area contributed by atoms with Gasteiger partial charge >= 0.3 is 0 Å². The predicted octanol–water partition coefficient (Wildman–Crippen LogP) is 1.51. The molecule has 0 aromatic heterocycles. The molecule has 2 aliphatic heterocycles. The summed E-state index contributed by atoms with van der Waals surface area (Å²) >= 11 is 0. The van der Waals surface area contributed by atoms with Gasteiger partial charge in [-0.25, -0.2) is 0 Å². The lowest BCUT2D eigenvalue weighted by atomic mass is 10.1. The van der Waals surface area contributed by atoms with Crippen molar-refractivity contribution in [3.05, 3.63) is 29.3 Å². The molecule has 3 rings (SSSR count). The normalized spacial score (nSPS) is 18.7. The standard InChI is InChI=1S/C21H32N4O2/c1-17-5-4-6-20(18(17)2)24-13-15-25(16-14-24)21(27)7-8-22-9-11-23(12-10-22)19(3)26/h4-6H,7-16H2,1-3H3. The summed E-state index contributed by atoms with van der Waals surface area (Å²) in [6.45, 7) is 13.4. The lowest BCUT2D eigenvalue weighted by molar-refractivity contribution is -0.133. The van der Waals surface area contributed by atoms with Gasteiger partial charge in [-0.2, -0.15) is 0 Å². The van der Waals surface area contributed by atoms with Crippen LogP contribution in [0, 0.1) is 13.8 Å². The van der Waals surface area contributed by atoms with Crippen LogP contribution in [-0.4, -0.2) is 85.4 Å². The molecule has 1 aromatic rings. The molecule has 0 atom stereocenters. The molecule has 2 aliphatic rings. The molecular weight excluding hydrogens is 340 g/mol. The molecular formula is C21H32N4O2. The van der Waals surface area contributed by atoms with Crippen molar-refractivity contribution in [2.75, 3.05) is 63.8 Å². The van der Waals surface area contributed by atoms with Crippen LogP contribution in [0.2, 0.25) is 0 Å². The lowest BCUT2D eigenvalue weighted by Gasteiger charge is -2.38. The molecule has 6 nitrogen and oxygen atoms in total. The first-order valence-electron chi connectivity index (χ1n) is 10.0. The van der Waals surface area contributed by atoms with Crippen LogP contribution in [0.3, 0.4) is 0 Å². The number of benzene rings is 1. The second-order valence-electron chi connectivity index (χ2n) is 7.68. The van der Waals surface area contributed by atoms with Crippen molar-refractivity contribution in [2.45, 2.75) is 27.2 Å². The molecule has 0 spiro atoms. The van der Waals surface area contributed by atoms with Gasteiger partial charge in [-0.15, -0.1) is 0 Å². The third-order valence-corrected chi connectivity index (χ3v) is 6.01. The highest BCUT2D eigenvalue weighted by Crippen LogP contribution is 2.24. The Morgan fingerprint density at radius 3 is 2.15 bits per heavy atom. The minimum absolute atomic E-state index is 0.146. The van der Waals surface area contributed by atoms with E-state index in [1.54, 1.807) is 6.92 Å². The summed E-state index contributed by atoms with van der Waals surface area (Å²) < 4.78 is 0. The number of carbonyl (C=O) groups is 2. The molecule has 1 aromatic carbocycles. The fraction of sp³-hybridized carbons (Fsp3) is 0.619. The average Bonchev–Trinajstić information content (AvgIpc) is 2.68. The third kappa shape index (κ3) is 4.80. The summed E-state index contributed by atoms with van der Waals surface area (Å²) in [7, 11) is 0. The SMILES string of the molecule is CC(=O)N1CCN(CCC(=O)N2CCN(c3cccc(C)c3C)CC2)CC1. The number of piperazine rings is 2. The molecule has 0 radical (unpaired) electrons. The van der Waals surface area contributed by atoms with E-state index in [-0.39, 0.29) is 11.8 Å². The van der Waals surface area contributed by atoms with Crippen LogP contribution in [0.15, 0.2) is 18.2 Å². The van der Waals surface area contributed by atoms with Crippen LogP contribution in [0.4, 0.5) is 5.69 Å². The number of carbonyl (C=O) groups excluding carboxylic acids is 2. The van der Waals surface area contributed by atoms with E-state index in [0.29, 0.717) is 6.42 Å². The van der Waals surface area contributed by atoms with Crippen molar-refractivity contribution in [1.29, 1.82) is 0 Å². The number of nitrogens with zero attached hydrogens (tertiary/aromatic N) is 4. The Balaban J connectivity index is 1.42. The Hall–Kier alpha value is -2.08. The van der Waals surface area contributed by atoms with E-state index < -0.39 is 0 Å². The van der Waals surface area contributed by atoms with E-state index in [2.05, 4.69) is 41.8 Å². The molecule has 148 valence electrons. The summed E-state index contributed by atoms with van der Waals surface area (Å²) in [6, 6.07) is 6.44. The van der Waals surface area contributed by atoms with Gasteiger partial charge < -0.3 is 14.7 Å². The molecule has 6 heteroatoms. The van der Waals surface area contributed by atoms with Gasteiger partial charge in [0.15, 0.2) is 0 Å². The number of rotatable bonds is 4. The molecule has 2 heterocycles. The highest BCUT2D eigenvalue weighted by atomic mass is 16.2. The van der Waals surface area contributed by atoms with E-state index in [9.17, 15) is 9.59 Å².